The highest BCUT2D eigenvalue weighted by Crippen LogP contribution is 2.40. The van der Waals surface area contributed by atoms with Crippen LogP contribution in [0.2, 0.25) is 0 Å². The van der Waals surface area contributed by atoms with Crippen LogP contribution in [0.15, 0.2) is 78.4 Å². The molecular weight excluding hydrogens is 538 g/mol. The number of Topliss-reactive ketones (excluding diaryl/α,β-unsaturated/α-hetero) is 1. The van der Waals surface area contributed by atoms with Crippen LogP contribution in [0.3, 0.4) is 0 Å². The Morgan fingerprint density at radius 1 is 1.02 bits per heavy atom. The summed E-state index contributed by atoms with van der Waals surface area (Å²) in [6.07, 6.45) is 0.614. The number of amides is 1. The average Bonchev–Trinajstić information content (AvgIpc) is 3.26. The minimum absolute atomic E-state index is 0.0439. The lowest BCUT2D eigenvalue weighted by Gasteiger charge is -2.29. The Hall–Kier alpha value is -4.54. The van der Waals surface area contributed by atoms with Gasteiger partial charge in [0.2, 0.25) is 0 Å². The largest absolute Gasteiger partial charge is 0.507 e. The Labute approximate surface area is 243 Å². The van der Waals surface area contributed by atoms with Crippen LogP contribution < -0.4 is 4.74 Å². The van der Waals surface area contributed by atoms with Crippen molar-refractivity contribution >= 4 is 23.1 Å². The molecule has 0 unspecified atom stereocenters. The van der Waals surface area contributed by atoms with E-state index in [-0.39, 0.29) is 23.6 Å². The molecule has 1 atom stereocenters. The first kappa shape index (κ1) is 29.0. The Bertz CT molecular complexity index is 1480. The summed E-state index contributed by atoms with van der Waals surface area (Å²) >= 11 is 0. The van der Waals surface area contributed by atoms with Crippen LogP contribution in [-0.4, -0.2) is 70.9 Å². The lowest BCUT2D eigenvalue weighted by molar-refractivity contribution is -0.384. The number of benzene rings is 3. The minimum atomic E-state index is -0.884. The number of rotatable bonds is 10. The number of hydrogen-bond acceptors (Lipinski definition) is 8. The molecule has 0 radical (unpaired) electrons. The molecule has 2 aliphatic heterocycles. The van der Waals surface area contributed by atoms with Gasteiger partial charge in [-0.05, 0) is 60.4 Å². The fourth-order valence-electron chi connectivity index (χ4n) is 5.37. The Morgan fingerprint density at radius 2 is 1.74 bits per heavy atom. The summed E-state index contributed by atoms with van der Waals surface area (Å²) in [4.78, 5) is 41.1. The molecule has 218 valence electrons. The Morgan fingerprint density at radius 3 is 2.40 bits per heavy atom. The first-order chi connectivity index (χ1) is 20.3. The van der Waals surface area contributed by atoms with Gasteiger partial charge in [0.25, 0.3) is 17.4 Å². The molecule has 3 aromatic rings. The summed E-state index contributed by atoms with van der Waals surface area (Å²) in [5.41, 5.74) is 2.50. The van der Waals surface area contributed by atoms with Crippen molar-refractivity contribution in [2.75, 3.05) is 39.4 Å². The van der Waals surface area contributed by atoms with Gasteiger partial charge < -0.3 is 19.5 Å². The second-order valence-corrected chi connectivity index (χ2v) is 10.4. The van der Waals surface area contributed by atoms with E-state index in [2.05, 4.69) is 4.90 Å². The van der Waals surface area contributed by atoms with Crippen molar-refractivity contribution in [3.63, 3.8) is 0 Å². The molecule has 2 fully saturated rings. The molecule has 1 N–H and O–H groups in total. The molecule has 0 bridgehead atoms. The topological polar surface area (TPSA) is 122 Å². The van der Waals surface area contributed by atoms with Gasteiger partial charge in [-0.25, -0.2) is 0 Å². The second-order valence-electron chi connectivity index (χ2n) is 10.4. The predicted molar refractivity (Wildman–Crippen MR) is 156 cm³/mol. The molecule has 10 nitrogen and oxygen atoms in total. The normalized spacial score (nSPS) is 18.8. The lowest BCUT2D eigenvalue weighted by Crippen LogP contribution is -2.38. The third-order valence-electron chi connectivity index (χ3n) is 7.62. The highest BCUT2D eigenvalue weighted by atomic mass is 16.6. The molecule has 2 saturated heterocycles. The van der Waals surface area contributed by atoms with Crippen molar-refractivity contribution < 1.29 is 29.1 Å². The fourth-order valence-corrected chi connectivity index (χ4v) is 5.37. The van der Waals surface area contributed by atoms with E-state index in [0.717, 1.165) is 30.8 Å². The first-order valence-corrected chi connectivity index (χ1v) is 13.9. The van der Waals surface area contributed by atoms with Crippen LogP contribution in [0.4, 0.5) is 5.69 Å². The number of nitro groups is 1. The van der Waals surface area contributed by atoms with Gasteiger partial charge in [0, 0.05) is 43.9 Å². The zero-order chi connectivity index (χ0) is 29.6. The molecule has 2 aliphatic rings. The second kappa shape index (κ2) is 13.0. The van der Waals surface area contributed by atoms with Gasteiger partial charge in [-0.1, -0.05) is 30.3 Å². The summed E-state index contributed by atoms with van der Waals surface area (Å²) in [5.74, 6) is -1.17. The number of non-ortho nitro benzene ring substituents is 1. The van der Waals surface area contributed by atoms with E-state index in [4.69, 9.17) is 9.47 Å². The maximum atomic E-state index is 13.4. The third kappa shape index (κ3) is 6.35. The molecule has 0 spiro atoms. The van der Waals surface area contributed by atoms with Crippen molar-refractivity contribution in [2.24, 2.45) is 0 Å². The van der Waals surface area contributed by atoms with Crippen LogP contribution in [0.25, 0.3) is 5.76 Å². The summed E-state index contributed by atoms with van der Waals surface area (Å²) in [6, 6.07) is 19.7. The van der Waals surface area contributed by atoms with E-state index in [9.17, 15) is 24.8 Å². The van der Waals surface area contributed by atoms with E-state index in [1.165, 1.54) is 29.2 Å². The summed E-state index contributed by atoms with van der Waals surface area (Å²) in [5, 5.41) is 22.7. The van der Waals surface area contributed by atoms with E-state index in [0.29, 0.717) is 43.1 Å². The predicted octanol–water partition coefficient (Wildman–Crippen LogP) is 4.63. The van der Waals surface area contributed by atoms with Gasteiger partial charge in [0.15, 0.2) is 0 Å². The fraction of sp³-hybridized carbons (Fsp3) is 0.312. The monoisotopic (exact) mass is 571 g/mol. The molecule has 5 rings (SSSR count). The molecular formula is C32H33N3O7. The number of hydrogen-bond donors (Lipinski definition) is 1. The maximum Gasteiger partial charge on any atom is 0.295 e. The molecule has 10 heteroatoms. The van der Waals surface area contributed by atoms with Crippen molar-refractivity contribution in [2.45, 2.75) is 26.0 Å². The highest BCUT2D eigenvalue weighted by molar-refractivity contribution is 6.46. The van der Waals surface area contributed by atoms with Crippen LogP contribution in [0.1, 0.15) is 34.7 Å². The SMILES string of the molecule is Cc1cc(/C(O)=C2\C(=O)C(=O)N(CCCN3CCOCC3)[C@@H]2c2ccc([N+](=O)[O-])cc2)ccc1OCc1ccccc1. The summed E-state index contributed by atoms with van der Waals surface area (Å²) in [6.45, 7) is 6.14. The summed E-state index contributed by atoms with van der Waals surface area (Å²) in [7, 11) is 0. The van der Waals surface area contributed by atoms with E-state index >= 15 is 0 Å². The van der Waals surface area contributed by atoms with Gasteiger partial charge in [0.1, 0.15) is 18.1 Å². The average molecular weight is 572 g/mol. The minimum Gasteiger partial charge on any atom is -0.507 e. The van der Waals surface area contributed by atoms with Crippen LogP contribution in [0.5, 0.6) is 5.75 Å². The number of likely N-dealkylation sites (tertiary alicyclic amines) is 1. The number of aryl methyl sites for hydroxylation is 1. The molecule has 2 heterocycles. The van der Waals surface area contributed by atoms with E-state index in [1.54, 1.807) is 18.2 Å². The third-order valence-corrected chi connectivity index (χ3v) is 7.62. The molecule has 0 saturated carbocycles. The Kier molecular flexibility index (Phi) is 8.94. The smallest absolute Gasteiger partial charge is 0.295 e. The number of ketones is 1. The number of carbonyl (C=O) groups is 2. The zero-order valence-corrected chi connectivity index (χ0v) is 23.4. The standard InChI is InChI=1S/C32H33N3O7/c1-22-20-25(10-13-27(22)42-21-23-6-3-2-4-7-23)30(36)28-29(24-8-11-26(12-9-24)35(39)40)34(32(38)31(28)37)15-5-14-33-16-18-41-19-17-33/h2-4,6-13,20,29,36H,5,14-19,21H2,1H3/b30-28+/t29-/m1/s1. The van der Waals surface area contributed by atoms with Gasteiger partial charge in [0.05, 0.1) is 29.8 Å². The number of nitro benzene ring substituents is 1. The number of nitrogens with zero attached hydrogens (tertiary/aromatic N) is 3. The van der Waals surface area contributed by atoms with Gasteiger partial charge >= 0.3 is 0 Å². The van der Waals surface area contributed by atoms with Crippen LogP contribution in [-0.2, 0) is 20.9 Å². The Balaban J connectivity index is 1.44. The van der Waals surface area contributed by atoms with Gasteiger partial charge in [-0.2, -0.15) is 0 Å². The molecule has 1 amide bonds. The number of aliphatic hydroxyl groups excluding tert-OH is 1. The number of morpholine rings is 1. The molecule has 0 aliphatic carbocycles. The maximum absolute atomic E-state index is 13.4. The quantitative estimate of drug-likeness (QED) is 0.123. The highest BCUT2D eigenvalue weighted by Gasteiger charge is 2.46. The number of ether oxygens (including phenoxy) is 2. The van der Waals surface area contributed by atoms with Crippen molar-refractivity contribution in [1.29, 1.82) is 0 Å². The van der Waals surface area contributed by atoms with Crippen LogP contribution >= 0.6 is 0 Å². The van der Waals surface area contributed by atoms with Gasteiger partial charge in [-0.3, -0.25) is 24.6 Å². The molecule has 0 aromatic heterocycles. The van der Waals surface area contributed by atoms with E-state index < -0.39 is 22.7 Å². The summed E-state index contributed by atoms with van der Waals surface area (Å²) < 4.78 is 11.4. The number of aliphatic hydroxyl groups is 1. The van der Waals surface area contributed by atoms with Crippen LogP contribution in [0, 0.1) is 17.0 Å². The van der Waals surface area contributed by atoms with E-state index in [1.807, 2.05) is 37.3 Å². The zero-order valence-electron chi connectivity index (χ0n) is 23.4. The molecule has 42 heavy (non-hydrogen) atoms. The molecule has 3 aromatic carbocycles. The first-order valence-electron chi connectivity index (χ1n) is 13.9. The van der Waals surface area contributed by atoms with Gasteiger partial charge in [-0.15, -0.1) is 0 Å². The van der Waals surface area contributed by atoms with Crippen molar-refractivity contribution in [3.8, 4) is 5.75 Å². The number of carbonyl (C=O) groups excluding carboxylic acids is 2. The van der Waals surface area contributed by atoms with Crippen molar-refractivity contribution in [3.05, 3.63) is 111 Å². The van der Waals surface area contributed by atoms with Crippen molar-refractivity contribution in [1.82, 2.24) is 9.80 Å². The lowest BCUT2D eigenvalue weighted by atomic mass is 9.94.